The van der Waals surface area contributed by atoms with Gasteiger partial charge in [0.25, 0.3) is 10.0 Å². The molecule has 21 heavy (non-hydrogen) atoms. The van der Waals surface area contributed by atoms with Gasteiger partial charge in [-0.3, -0.25) is 0 Å². The highest BCUT2D eigenvalue weighted by atomic mass is 32.2. The number of nitrogens with zero attached hydrogens (tertiary/aromatic N) is 1. The fourth-order valence-corrected chi connectivity index (χ4v) is 2.70. The maximum absolute atomic E-state index is 12.3. The Balaban J connectivity index is 3.07. The van der Waals surface area contributed by atoms with Gasteiger partial charge in [0.2, 0.25) is 5.88 Å². The number of nitrogens with one attached hydrogen (secondary N) is 1. The highest BCUT2D eigenvalue weighted by molar-refractivity contribution is 7.89. The molecule has 0 saturated carbocycles. The number of alkyl halides is 3. The van der Waals surface area contributed by atoms with E-state index in [1.54, 1.807) is 0 Å². The van der Waals surface area contributed by atoms with Crippen LogP contribution in [0.1, 0.15) is 6.92 Å². The van der Waals surface area contributed by atoms with Crippen LogP contribution in [-0.2, 0) is 20.1 Å². The predicted octanol–water partition coefficient (Wildman–Crippen LogP) is 0.649. The minimum Gasteiger partial charge on any atom is -0.362 e. The van der Waals surface area contributed by atoms with Crippen LogP contribution in [-0.4, -0.2) is 40.3 Å². The average molecular weight is 348 g/mol. The molecule has 1 aromatic rings. The molecule has 1 rings (SSSR count). The summed E-state index contributed by atoms with van der Waals surface area (Å²) in [5, 5.41) is -0.792. The maximum atomic E-state index is 12.3. The molecule has 1 atom stereocenters. The average Bonchev–Trinajstić information content (AvgIpc) is 2.25. The highest BCUT2D eigenvalue weighted by Gasteiger charge is 2.39. The van der Waals surface area contributed by atoms with Crippen LogP contribution in [0.4, 0.5) is 13.2 Å². The fraction of sp³-hybridized carbons (Fsp3) is 0.444. The monoisotopic (exact) mass is 348 g/mol. The van der Waals surface area contributed by atoms with Gasteiger partial charge in [0.15, 0.2) is 5.03 Å². The molecule has 0 fully saturated rings. The quantitative estimate of drug-likeness (QED) is 0.784. The van der Waals surface area contributed by atoms with Crippen molar-refractivity contribution in [2.45, 2.75) is 24.2 Å². The van der Waals surface area contributed by atoms with Crippen molar-refractivity contribution in [2.24, 2.45) is 0 Å². The first-order chi connectivity index (χ1) is 9.31. The fourth-order valence-electron chi connectivity index (χ4n) is 1.11. The Kier molecular flexibility index (Phi) is 4.85. The lowest BCUT2D eigenvalue weighted by atomic mass is 10.4. The maximum Gasteiger partial charge on any atom is 0.404 e. The first-order valence-corrected chi connectivity index (χ1v) is 8.57. The van der Waals surface area contributed by atoms with E-state index >= 15 is 0 Å². The summed E-state index contributed by atoms with van der Waals surface area (Å²) >= 11 is 0. The molecule has 0 aliphatic heterocycles. The third kappa shape index (κ3) is 5.47. The van der Waals surface area contributed by atoms with Gasteiger partial charge in [0.05, 0.1) is 6.26 Å². The van der Waals surface area contributed by atoms with Crippen molar-refractivity contribution in [3.8, 4) is 5.88 Å². The summed E-state index contributed by atoms with van der Waals surface area (Å²) in [7, 11) is -8.52. The Morgan fingerprint density at radius 2 is 1.81 bits per heavy atom. The molecule has 0 aromatic carbocycles. The number of aromatic nitrogens is 1. The molecule has 0 aliphatic carbocycles. The molecule has 0 amide bonds. The second-order valence-corrected chi connectivity index (χ2v) is 7.22. The zero-order chi connectivity index (χ0) is 16.5. The number of hydrogen-bond acceptors (Lipinski definition) is 6. The largest absolute Gasteiger partial charge is 0.404 e. The predicted molar refractivity (Wildman–Crippen MR) is 65.5 cm³/mol. The number of hydrogen-bond donors (Lipinski definition) is 1. The van der Waals surface area contributed by atoms with Crippen molar-refractivity contribution in [1.29, 1.82) is 0 Å². The molecule has 0 bridgehead atoms. The Morgan fingerprint density at radius 3 is 2.29 bits per heavy atom. The van der Waals surface area contributed by atoms with Gasteiger partial charge in [-0.15, -0.1) is 0 Å². The summed E-state index contributed by atoms with van der Waals surface area (Å²) in [5.41, 5.74) is 0. The first kappa shape index (κ1) is 17.7. The second-order valence-electron chi connectivity index (χ2n) is 3.99. The van der Waals surface area contributed by atoms with Gasteiger partial charge in [0.1, 0.15) is 6.04 Å². The Bertz CT molecular complexity index is 715. The molecular weight excluding hydrogens is 337 g/mol. The van der Waals surface area contributed by atoms with Crippen LogP contribution in [0.3, 0.4) is 0 Å². The number of rotatable bonds is 5. The van der Waals surface area contributed by atoms with Gasteiger partial charge in [-0.1, -0.05) is 6.07 Å². The van der Waals surface area contributed by atoms with Crippen molar-refractivity contribution in [2.75, 3.05) is 6.26 Å². The second kappa shape index (κ2) is 5.77. The Labute approximate surface area is 119 Å². The summed E-state index contributed by atoms with van der Waals surface area (Å²) in [6.07, 6.45) is -4.06. The summed E-state index contributed by atoms with van der Waals surface area (Å²) in [6.45, 7) is 0.619. The molecule has 1 aromatic heterocycles. The van der Waals surface area contributed by atoms with Crippen LogP contribution < -0.4 is 8.91 Å². The van der Waals surface area contributed by atoms with E-state index in [-0.39, 0.29) is 0 Å². The molecule has 1 unspecified atom stereocenters. The van der Waals surface area contributed by atoms with E-state index in [1.165, 1.54) is 4.72 Å². The molecule has 1 heterocycles. The van der Waals surface area contributed by atoms with E-state index < -0.39 is 43.3 Å². The topological polar surface area (TPSA) is 102 Å². The summed E-state index contributed by atoms with van der Waals surface area (Å²) in [5.74, 6) is -0.569. The molecule has 12 heteroatoms. The van der Waals surface area contributed by atoms with Crippen molar-refractivity contribution in [3.05, 3.63) is 18.2 Å². The van der Waals surface area contributed by atoms with Gasteiger partial charge in [0, 0.05) is 6.07 Å². The van der Waals surface area contributed by atoms with Crippen LogP contribution in [0, 0.1) is 0 Å². The van der Waals surface area contributed by atoms with E-state index in [0.717, 1.165) is 18.2 Å². The molecule has 120 valence electrons. The minimum absolute atomic E-state index is 0.569. The van der Waals surface area contributed by atoms with E-state index in [9.17, 15) is 30.0 Å². The normalized spacial score (nSPS) is 14.7. The lowest BCUT2D eigenvalue weighted by Gasteiger charge is -2.16. The van der Waals surface area contributed by atoms with Crippen LogP contribution in [0.25, 0.3) is 0 Å². The van der Waals surface area contributed by atoms with Crippen LogP contribution in [0.5, 0.6) is 5.88 Å². The zero-order valence-electron chi connectivity index (χ0n) is 10.7. The highest BCUT2D eigenvalue weighted by Crippen LogP contribution is 2.21. The van der Waals surface area contributed by atoms with Gasteiger partial charge in [-0.25, -0.2) is 8.42 Å². The third-order valence-electron chi connectivity index (χ3n) is 2.03. The van der Waals surface area contributed by atoms with Gasteiger partial charge >= 0.3 is 16.3 Å². The Hall–Kier alpha value is -1.40. The van der Waals surface area contributed by atoms with Crippen LogP contribution in [0.15, 0.2) is 23.2 Å². The third-order valence-corrected chi connectivity index (χ3v) is 3.95. The first-order valence-electron chi connectivity index (χ1n) is 5.27. The van der Waals surface area contributed by atoms with E-state index in [4.69, 9.17) is 0 Å². The van der Waals surface area contributed by atoms with Gasteiger partial charge < -0.3 is 4.18 Å². The number of sulfonamides is 1. The molecular formula is C9H11F3N2O5S2. The van der Waals surface area contributed by atoms with Gasteiger partial charge in [-0.2, -0.15) is 31.3 Å². The van der Waals surface area contributed by atoms with Crippen molar-refractivity contribution >= 4 is 20.1 Å². The number of pyridine rings is 1. The standard InChI is InChI=1S/C9H11F3N2O5S2/c1-6(9(10,11)12)14-21(17,18)8-5-3-4-7(13-8)19-20(2,15)16/h3-6,14H,1-2H3. The zero-order valence-corrected chi connectivity index (χ0v) is 12.4. The van der Waals surface area contributed by atoms with Crippen molar-refractivity contribution in [3.63, 3.8) is 0 Å². The van der Waals surface area contributed by atoms with E-state index in [1.807, 2.05) is 0 Å². The van der Waals surface area contributed by atoms with Crippen LogP contribution in [0.2, 0.25) is 0 Å². The lowest BCUT2D eigenvalue weighted by molar-refractivity contribution is -0.147. The molecule has 0 aliphatic rings. The van der Waals surface area contributed by atoms with Crippen LogP contribution >= 0.6 is 0 Å². The number of halogens is 3. The smallest absolute Gasteiger partial charge is 0.362 e. The molecule has 7 nitrogen and oxygen atoms in total. The molecule has 0 saturated heterocycles. The molecule has 1 N–H and O–H groups in total. The minimum atomic E-state index is -4.77. The summed E-state index contributed by atoms with van der Waals surface area (Å²) < 4.78 is 88.0. The van der Waals surface area contributed by atoms with Gasteiger partial charge in [-0.05, 0) is 13.0 Å². The SMILES string of the molecule is CC(NS(=O)(=O)c1cccc(OS(C)(=O)=O)n1)C(F)(F)F. The van der Waals surface area contributed by atoms with Crippen molar-refractivity contribution < 1.29 is 34.2 Å². The Morgan fingerprint density at radius 1 is 1.24 bits per heavy atom. The summed E-state index contributed by atoms with van der Waals surface area (Å²) in [6, 6.07) is 0.706. The molecule has 0 spiro atoms. The van der Waals surface area contributed by atoms with Crippen molar-refractivity contribution in [1.82, 2.24) is 9.71 Å². The van der Waals surface area contributed by atoms with E-state index in [0.29, 0.717) is 13.2 Å². The molecule has 0 radical (unpaired) electrons. The summed E-state index contributed by atoms with van der Waals surface area (Å²) in [4.78, 5) is 3.35. The lowest BCUT2D eigenvalue weighted by Crippen LogP contribution is -2.43. The van der Waals surface area contributed by atoms with E-state index in [2.05, 4.69) is 9.17 Å².